The molecule has 2 rings (SSSR count). The topological polar surface area (TPSA) is 44.2 Å². The second-order valence-corrected chi connectivity index (χ2v) is 6.00. The summed E-state index contributed by atoms with van der Waals surface area (Å²) in [5.74, 6) is 1.04. The molecule has 1 aromatic carbocycles. The molecule has 0 aliphatic heterocycles. The second-order valence-electron chi connectivity index (χ2n) is 6.00. The molecule has 0 saturated heterocycles. The molecule has 0 N–H and O–H groups in total. The monoisotopic (exact) mass is 332 g/mol. The molecular weight excluding hydrogens is 307 g/mol. The summed E-state index contributed by atoms with van der Waals surface area (Å²) in [5, 5.41) is 0. The van der Waals surface area contributed by atoms with Gasteiger partial charge in [0.05, 0.1) is 12.3 Å². The maximum absolute atomic E-state index is 13.3. The van der Waals surface area contributed by atoms with Crippen LogP contribution in [0.2, 0.25) is 0 Å². The molecule has 0 fully saturated rings. The smallest absolute Gasteiger partial charge is 0.220 e. The molecular formula is C19H25FN2O2. The van der Waals surface area contributed by atoms with Crippen LogP contribution in [0.4, 0.5) is 4.39 Å². The van der Waals surface area contributed by atoms with Crippen molar-refractivity contribution in [1.29, 1.82) is 0 Å². The Morgan fingerprint density at radius 2 is 1.92 bits per heavy atom. The highest BCUT2D eigenvalue weighted by molar-refractivity contribution is 5.36. The Morgan fingerprint density at radius 1 is 1.17 bits per heavy atom. The first-order chi connectivity index (χ1) is 11.4. The summed E-state index contributed by atoms with van der Waals surface area (Å²) < 4.78 is 24.5. The van der Waals surface area contributed by atoms with Crippen molar-refractivity contribution in [3.05, 3.63) is 52.2 Å². The quantitative estimate of drug-likeness (QED) is 0.770. The van der Waals surface area contributed by atoms with E-state index in [9.17, 15) is 4.39 Å². The summed E-state index contributed by atoms with van der Waals surface area (Å²) in [5.41, 5.74) is 3.78. The molecule has 0 spiro atoms. The van der Waals surface area contributed by atoms with E-state index in [2.05, 4.69) is 16.9 Å². The number of methoxy groups -OCH3 is 1. The molecule has 1 aromatic heterocycles. The van der Waals surface area contributed by atoms with Gasteiger partial charge in [-0.2, -0.15) is 4.98 Å². The Bertz CT molecular complexity index is 704. The lowest BCUT2D eigenvalue weighted by atomic mass is 10.0. The fraction of sp³-hybridized carbons (Fsp3) is 0.474. The Kier molecular flexibility index (Phi) is 6.26. The predicted octanol–water partition coefficient (Wildman–Crippen LogP) is 3.94. The van der Waals surface area contributed by atoms with Gasteiger partial charge in [0.25, 0.3) is 0 Å². The van der Waals surface area contributed by atoms with Crippen LogP contribution in [-0.2, 0) is 11.2 Å². The average molecular weight is 332 g/mol. The zero-order valence-electron chi connectivity index (χ0n) is 15.0. The molecule has 24 heavy (non-hydrogen) atoms. The van der Waals surface area contributed by atoms with Crippen LogP contribution in [-0.4, -0.2) is 29.8 Å². The molecule has 1 atom stereocenters. The van der Waals surface area contributed by atoms with Crippen molar-refractivity contribution in [3.63, 3.8) is 0 Å². The number of rotatable bonds is 7. The number of halogens is 1. The van der Waals surface area contributed by atoms with Crippen molar-refractivity contribution in [2.24, 2.45) is 0 Å². The largest absolute Gasteiger partial charge is 0.472 e. The van der Waals surface area contributed by atoms with Gasteiger partial charge in [0.2, 0.25) is 5.88 Å². The molecule has 0 saturated carbocycles. The highest BCUT2D eigenvalue weighted by Gasteiger charge is 2.16. The zero-order chi connectivity index (χ0) is 17.7. The van der Waals surface area contributed by atoms with Crippen LogP contribution in [0, 0.1) is 26.6 Å². The minimum atomic E-state index is -0.221. The van der Waals surface area contributed by atoms with Gasteiger partial charge in [0.15, 0.2) is 0 Å². The molecule has 0 bridgehead atoms. The fourth-order valence-corrected chi connectivity index (χ4v) is 2.56. The maximum Gasteiger partial charge on any atom is 0.220 e. The van der Waals surface area contributed by atoms with E-state index in [4.69, 9.17) is 9.47 Å². The number of hydrogen-bond acceptors (Lipinski definition) is 4. The number of ether oxygens (including phenoxy) is 2. The van der Waals surface area contributed by atoms with Crippen LogP contribution in [0.3, 0.4) is 0 Å². The Labute approximate surface area is 143 Å². The summed E-state index contributed by atoms with van der Waals surface area (Å²) in [6.45, 7) is 8.29. The Hall–Kier alpha value is -2.01. The van der Waals surface area contributed by atoms with E-state index in [1.54, 1.807) is 13.2 Å². The van der Waals surface area contributed by atoms with Crippen molar-refractivity contribution in [2.45, 2.75) is 46.6 Å². The molecule has 1 unspecified atom stereocenters. The van der Waals surface area contributed by atoms with Crippen LogP contribution < -0.4 is 4.74 Å². The third-order valence-corrected chi connectivity index (χ3v) is 4.06. The lowest BCUT2D eigenvalue weighted by Crippen LogP contribution is -2.23. The van der Waals surface area contributed by atoms with Crippen molar-refractivity contribution in [2.75, 3.05) is 13.7 Å². The van der Waals surface area contributed by atoms with Gasteiger partial charge in [0, 0.05) is 19.1 Å². The lowest BCUT2D eigenvalue weighted by Gasteiger charge is -2.19. The molecule has 5 heteroatoms. The fourth-order valence-electron chi connectivity index (χ4n) is 2.56. The van der Waals surface area contributed by atoms with Crippen molar-refractivity contribution < 1.29 is 13.9 Å². The number of aryl methyl sites for hydroxylation is 2. The molecule has 1 heterocycles. The van der Waals surface area contributed by atoms with Crippen molar-refractivity contribution in [1.82, 2.24) is 9.97 Å². The number of nitrogens with zero attached hydrogens (tertiary/aromatic N) is 2. The van der Waals surface area contributed by atoms with Crippen molar-refractivity contribution in [3.8, 4) is 5.88 Å². The second kappa shape index (κ2) is 8.20. The van der Waals surface area contributed by atoms with Crippen LogP contribution >= 0.6 is 0 Å². The number of benzene rings is 1. The summed E-state index contributed by atoms with van der Waals surface area (Å²) in [6, 6.07) is 4.83. The predicted molar refractivity (Wildman–Crippen MR) is 92.0 cm³/mol. The minimum absolute atomic E-state index is 0.0385. The van der Waals surface area contributed by atoms with Gasteiger partial charge in [-0.15, -0.1) is 0 Å². The zero-order valence-corrected chi connectivity index (χ0v) is 15.0. The van der Waals surface area contributed by atoms with Crippen molar-refractivity contribution >= 4 is 0 Å². The SMILES string of the molecule is CCC(COC)Oc1nc(C)nc(Cc2ccc(F)cc2C)c1C. The van der Waals surface area contributed by atoms with E-state index in [1.807, 2.05) is 26.8 Å². The number of hydrogen-bond donors (Lipinski definition) is 0. The lowest BCUT2D eigenvalue weighted by molar-refractivity contribution is 0.0748. The van der Waals surface area contributed by atoms with E-state index in [0.717, 1.165) is 28.8 Å². The van der Waals surface area contributed by atoms with E-state index >= 15 is 0 Å². The normalized spacial score (nSPS) is 12.2. The van der Waals surface area contributed by atoms with E-state index in [0.29, 0.717) is 24.7 Å². The van der Waals surface area contributed by atoms with Crippen LogP contribution in [0.5, 0.6) is 5.88 Å². The van der Waals surface area contributed by atoms with Gasteiger partial charge in [-0.25, -0.2) is 9.37 Å². The number of aromatic nitrogens is 2. The highest BCUT2D eigenvalue weighted by atomic mass is 19.1. The summed E-state index contributed by atoms with van der Waals surface area (Å²) in [6.07, 6.45) is 1.42. The van der Waals surface area contributed by atoms with Gasteiger partial charge in [-0.3, -0.25) is 0 Å². The molecule has 0 amide bonds. The standard InChI is InChI=1S/C19H25FN2O2/c1-6-17(11-23-5)24-19-13(3)18(21-14(4)22-19)10-15-7-8-16(20)9-12(15)2/h7-9,17H,6,10-11H2,1-5H3. The van der Waals surface area contributed by atoms with E-state index < -0.39 is 0 Å². The van der Waals surface area contributed by atoms with E-state index in [-0.39, 0.29) is 11.9 Å². The van der Waals surface area contributed by atoms with Gasteiger partial charge in [-0.1, -0.05) is 13.0 Å². The molecule has 4 nitrogen and oxygen atoms in total. The highest BCUT2D eigenvalue weighted by Crippen LogP contribution is 2.23. The average Bonchev–Trinajstić information content (AvgIpc) is 2.53. The van der Waals surface area contributed by atoms with Crippen LogP contribution in [0.1, 0.15) is 41.6 Å². The maximum atomic E-state index is 13.3. The first kappa shape index (κ1) is 18.3. The Morgan fingerprint density at radius 3 is 2.54 bits per heavy atom. The Balaban J connectivity index is 2.30. The molecule has 2 aromatic rings. The third-order valence-electron chi connectivity index (χ3n) is 4.06. The molecule has 0 aliphatic rings. The van der Waals surface area contributed by atoms with Crippen LogP contribution in [0.25, 0.3) is 0 Å². The van der Waals surface area contributed by atoms with E-state index in [1.165, 1.54) is 6.07 Å². The first-order valence-electron chi connectivity index (χ1n) is 8.19. The molecule has 130 valence electrons. The van der Waals surface area contributed by atoms with Gasteiger partial charge >= 0.3 is 0 Å². The minimum Gasteiger partial charge on any atom is -0.472 e. The molecule has 0 aliphatic carbocycles. The van der Waals surface area contributed by atoms with Crippen LogP contribution in [0.15, 0.2) is 18.2 Å². The summed E-state index contributed by atoms with van der Waals surface area (Å²) >= 11 is 0. The molecule has 0 radical (unpaired) electrons. The van der Waals surface area contributed by atoms with Gasteiger partial charge < -0.3 is 9.47 Å². The van der Waals surface area contributed by atoms with Gasteiger partial charge in [-0.05, 0) is 50.5 Å². The first-order valence-corrected chi connectivity index (χ1v) is 8.19. The summed E-state index contributed by atoms with van der Waals surface area (Å²) in [7, 11) is 1.66. The van der Waals surface area contributed by atoms with Gasteiger partial charge in [0.1, 0.15) is 17.7 Å². The third kappa shape index (κ3) is 4.51. The summed E-state index contributed by atoms with van der Waals surface area (Å²) in [4.78, 5) is 8.99.